The summed E-state index contributed by atoms with van der Waals surface area (Å²) in [5.74, 6) is 3.18. The van der Waals surface area contributed by atoms with Gasteiger partial charge in [0.05, 0.1) is 0 Å². The molecule has 0 amide bonds. The Balaban J connectivity index is 2.98. The van der Waals surface area contributed by atoms with Crippen molar-refractivity contribution in [1.82, 2.24) is 0 Å². The van der Waals surface area contributed by atoms with Gasteiger partial charge >= 0.3 is 6.18 Å². The van der Waals surface area contributed by atoms with Crippen LogP contribution in [0, 0.1) is 18.8 Å². The molecule has 0 fully saturated rings. The summed E-state index contributed by atoms with van der Waals surface area (Å²) in [7, 11) is 0. The monoisotopic (exact) mass is 199 g/mol. The third-order valence-corrected chi connectivity index (χ3v) is 1.63. The van der Waals surface area contributed by atoms with Crippen LogP contribution in [0.3, 0.4) is 0 Å². The minimum Gasteiger partial charge on any atom is -0.398 e. The number of benzene rings is 1. The van der Waals surface area contributed by atoms with Crippen LogP contribution in [-0.4, -0.2) is 6.18 Å². The van der Waals surface area contributed by atoms with Crippen molar-refractivity contribution >= 4 is 5.69 Å². The highest BCUT2D eigenvalue weighted by atomic mass is 19.4. The molecular weight excluding hydrogens is 191 g/mol. The van der Waals surface area contributed by atoms with E-state index in [-0.39, 0.29) is 5.56 Å². The van der Waals surface area contributed by atoms with Gasteiger partial charge in [-0.15, -0.1) is 0 Å². The van der Waals surface area contributed by atoms with E-state index in [9.17, 15) is 13.2 Å². The molecule has 0 saturated heterocycles. The zero-order valence-electron chi connectivity index (χ0n) is 7.44. The smallest absolute Gasteiger partial charge is 0.398 e. The number of nitrogen functional groups attached to an aromatic ring is 1. The number of alkyl halides is 3. The topological polar surface area (TPSA) is 26.0 Å². The summed E-state index contributed by atoms with van der Waals surface area (Å²) < 4.78 is 35.1. The fourth-order valence-electron chi connectivity index (χ4n) is 0.861. The Bertz CT molecular complexity index is 396. The molecule has 0 aromatic heterocycles. The first-order valence-corrected chi connectivity index (χ1v) is 3.84. The first-order chi connectivity index (χ1) is 6.38. The molecule has 0 aliphatic heterocycles. The van der Waals surface area contributed by atoms with Gasteiger partial charge in [0.1, 0.15) is 0 Å². The fraction of sp³-hybridized carbons (Fsp3) is 0.200. The second-order valence-corrected chi connectivity index (χ2v) is 2.82. The van der Waals surface area contributed by atoms with Gasteiger partial charge in [-0.2, -0.15) is 13.2 Å². The first-order valence-electron chi connectivity index (χ1n) is 3.84. The Morgan fingerprint density at radius 2 is 1.93 bits per heavy atom. The maximum atomic E-state index is 11.7. The summed E-state index contributed by atoms with van der Waals surface area (Å²) in [4.78, 5) is 0. The summed E-state index contributed by atoms with van der Waals surface area (Å²) >= 11 is 0. The van der Waals surface area contributed by atoms with Gasteiger partial charge in [0.15, 0.2) is 0 Å². The van der Waals surface area contributed by atoms with Crippen molar-refractivity contribution in [3.63, 3.8) is 0 Å². The molecule has 2 N–H and O–H groups in total. The molecule has 0 atom stereocenters. The van der Waals surface area contributed by atoms with Crippen LogP contribution < -0.4 is 5.73 Å². The molecule has 0 radical (unpaired) electrons. The van der Waals surface area contributed by atoms with E-state index in [2.05, 4.69) is 0 Å². The highest BCUT2D eigenvalue weighted by molar-refractivity contribution is 5.52. The maximum Gasteiger partial charge on any atom is 0.458 e. The number of rotatable bonds is 0. The van der Waals surface area contributed by atoms with Crippen molar-refractivity contribution in [3.8, 4) is 11.8 Å². The number of hydrogen-bond acceptors (Lipinski definition) is 1. The van der Waals surface area contributed by atoms with Crippen molar-refractivity contribution < 1.29 is 13.2 Å². The Hall–Kier alpha value is -1.63. The van der Waals surface area contributed by atoms with Gasteiger partial charge in [0.25, 0.3) is 0 Å². The van der Waals surface area contributed by atoms with E-state index in [0.717, 1.165) is 5.56 Å². The fourth-order valence-corrected chi connectivity index (χ4v) is 0.861. The van der Waals surface area contributed by atoms with Gasteiger partial charge in [-0.3, -0.25) is 0 Å². The third kappa shape index (κ3) is 3.02. The van der Waals surface area contributed by atoms with E-state index in [0.29, 0.717) is 5.69 Å². The summed E-state index contributed by atoms with van der Waals surface area (Å²) in [6.07, 6.45) is -4.46. The quantitative estimate of drug-likeness (QED) is 0.504. The largest absolute Gasteiger partial charge is 0.458 e. The Kier molecular flexibility index (Phi) is 2.70. The van der Waals surface area contributed by atoms with E-state index >= 15 is 0 Å². The summed E-state index contributed by atoms with van der Waals surface area (Å²) in [5, 5.41) is 0. The molecule has 0 aliphatic carbocycles. The molecule has 1 aromatic carbocycles. The molecule has 14 heavy (non-hydrogen) atoms. The molecule has 74 valence electrons. The molecule has 0 heterocycles. The second-order valence-electron chi connectivity index (χ2n) is 2.82. The highest BCUT2D eigenvalue weighted by Gasteiger charge is 2.22. The minimum atomic E-state index is -4.46. The van der Waals surface area contributed by atoms with Gasteiger partial charge < -0.3 is 5.73 Å². The van der Waals surface area contributed by atoms with Crippen LogP contribution in [0.4, 0.5) is 18.9 Å². The van der Waals surface area contributed by atoms with Crippen LogP contribution in [0.2, 0.25) is 0 Å². The van der Waals surface area contributed by atoms with Crippen LogP contribution in [0.25, 0.3) is 0 Å². The lowest BCUT2D eigenvalue weighted by Crippen LogP contribution is -2.01. The molecule has 1 aromatic rings. The number of anilines is 1. The van der Waals surface area contributed by atoms with Crippen LogP contribution >= 0.6 is 0 Å². The molecule has 4 heteroatoms. The van der Waals surface area contributed by atoms with Gasteiger partial charge in [-0.05, 0) is 24.6 Å². The summed E-state index contributed by atoms with van der Waals surface area (Å²) in [6.45, 7) is 1.77. The van der Waals surface area contributed by atoms with E-state index in [1.165, 1.54) is 18.1 Å². The first kappa shape index (κ1) is 10.5. The normalized spacial score (nSPS) is 10.6. The maximum absolute atomic E-state index is 11.7. The lowest BCUT2D eigenvalue weighted by Gasteiger charge is -1.99. The summed E-state index contributed by atoms with van der Waals surface area (Å²) in [5.41, 5.74) is 7.05. The number of nitrogens with two attached hydrogens (primary N) is 1. The van der Waals surface area contributed by atoms with Crippen molar-refractivity contribution in [1.29, 1.82) is 0 Å². The van der Waals surface area contributed by atoms with E-state index in [4.69, 9.17) is 5.73 Å². The number of hydrogen-bond donors (Lipinski definition) is 1. The third-order valence-electron chi connectivity index (χ3n) is 1.63. The van der Waals surface area contributed by atoms with Crippen LogP contribution in [-0.2, 0) is 0 Å². The molecular formula is C10H8F3N. The van der Waals surface area contributed by atoms with Gasteiger partial charge in [-0.1, -0.05) is 12.0 Å². The molecule has 0 aliphatic rings. The van der Waals surface area contributed by atoms with E-state index < -0.39 is 6.18 Å². The predicted octanol–water partition coefficient (Wildman–Crippen LogP) is 2.49. The Morgan fingerprint density at radius 3 is 2.43 bits per heavy atom. The van der Waals surface area contributed by atoms with Crippen molar-refractivity contribution in [2.75, 3.05) is 5.73 Å². The SMILES string of the molecule is Cc1ccc(C#CC(F)(F)F)cc1N. The van der Waals surface area contributed by atoms with Crippen LogP contribution in [0.5, 0.6) is 0 Å². The highest BCUT2D eigenvalue weighted by Crippen LogP contribution is 2.15. The molecule has 0 saturated carbocycles. The van der Waals surface area contributed by atoms with Crippen molar-refractivity contribution in [2.24, 2.45) is 0 Å². The van der Waals surface area contributed by atoms with E-state index in [1.807, 2.05) is 5.92 Å². The van der Waals surface area contributed by atoms with E-state index in [1.54, 1.807) is 13.0 Å². The van der Waals surface area contributed by atoms with Crippen LogP contribution in [0.1, 0.15) is 11.1 Å². The average Bonchev–Trinajstić information content (AvgIpc) is 2.06. The zero-order chi connectivity index (χ0) is 10.8. The van der Waals surface area contributed by atoms with Crippen molar-refractivity contribution in [3.05, 3.63) is 29.3 Å². The van der Waals surface area contributed by atoms with Gasteiger partial charge in [-0.25, -0.2) is 0 Å². The van der Waals surface area contributed by atoms with Gasteiger partial charge in [0, 0.05) is 17.2 Å². The zero-order valence-corrected chi connectivity index (χ0v) is 7.44. The lowest BCUT2D eigenvalue weighted by atomic mass is 10.1. The average molecular weight is 199 g/mol. The molecule has 0 unspecified atom stereocenters. The van der Waals surface area contributed by atoms with Crippen LogP contribution in [0.15, 0.2) is 18.2 Å². The Labute approximate surface area is 79.7 Å². The van der Waals surface area contributed by atoms with Gasteiger partial charge in [0.2, 0.25) is 0 Å². The minimum absolute atomic E-state index is 0.269. The predicted molar refractivity (Wildman–Crippen MR) is 48.5 cm³/mol. The standard InChI is InChI=1S/C10H8F3N/c1-7-2-3-8(6-9(7)14)4-5-10(11,12)13/h2-3,6H,14H2,1H3. The van der Waals surface area contributed by atoms with Crippen molar-refractivity contribution in [2.45, 2.75) is 13.1 Å². The molecule has 0 bridgehead atoms. The second kappa shape index (κ2) is 3.62. The molecule has 1 nitrogen and oxygen atoms in total. The summed E-state index contributed by atoms with van der Waals surface area (Å²) in [6, 6.07) is 4.56. The Morgan fingerprint density at radius 1 is 1.29 bits per heavy atom. The number of halogens is 3. The lowest BCUT2D eigenvalue weighted by molar-refractivity contribution is -0.0696. The number of aryl methyl sites for hydroxylation is 1. The molecule has 0 spiro atoms. The molecule has 1 rings (SSSR count).